The zero-order chi connectivity index (χ0) is 19.2. The van der Waals surface area contributed by atoms with Crippen molar-refractivity contribution in [2.45, 2.75) is 18.3 Å². The second-order valence-corrected chi connectivity index (χ2v) is 6.79. The van der Waals surface area contributed by atoms with Crippen LogP contribution in [0.25, 0.3) is 0 Å². The minimum absolute atomic E-state index is 0.472. The summed E-state index contributed by atoms with van der Waals surface area (Å²) in [5.41, 5.74) is 3.76. The smallest absolute Gasteiger partial charge is 0.126 e. The predicted molar refractivity (Wildman–Crippen MR) is 111 cm³/mol. The van der Waals surface area contributed by atoms with E-state index >= 15 is 0 Å². The Balaban J connectivity index is 2.01. The van der Waals surface area contributed by atoms with Crippen LogP contribution in [-0.2, 0) is 16.6 Å². The number of hydrogen-bond acceptors (Lipinski definition) is 2. The third-order valence-corrected chi connectivity index (χ3v) is 5.12. The van der Waals surface area contributed by atoms with Crippen molar-refractivity contribution in [1.29, 1.82) is 0 Å². The van der Waals surface area contributed by atoms with E-state index in [-0.39, 0.29) is 0 Å². The van der Waals surface area contributed by atoms with E-state index in [1.165, 1.54) is 0 Å². The first-order valence-corrected chi connectivity index (χ1v) is 9.50. The highest BCUT2D eigenvalue weighted by molar-refractivity contribution is 5.56. The standard InChI is InChI=1S/C25H22N2O/c28-18-10-17-23-19-26-24(27-23)25(20-11-4-1-5-12-20,21-13-6-2-7-14-21)22-15-8-3-9-16-22/h1-9,11-16,18-19H,10,17H2,(H,26,27). The molecule has 1 aromatic heterocycles. The van der Waals surface area contributed by atoms with Crippen LogP contribution in [0.5, 0.6) is 0 Å². The van der Waals surface area contributed by atoms with Gasteiger partial charge >= 0.3 is 0 Å². The average molecular weight is 366 g/mol. The van der Waals surface area contributed by atoms with Crippen LogP contribution in [0.15, 0.2) is 97.2 Å². The lowest BCUT2D eigenvalue weighted by Crippen LogP contribution is -2.32. The zero-order valence-electron chi connectivity index (χ0n) is 15.6. The maximum Gasteiger partial charge on any atom is 0.126 e. The molecule has 0 radical (unpaired) electrons. The molecule has 3 nitrogen and oxygen atoms in total. The van der Waals surface area contributed by atoms with Crippen LogP contribution in [0.1, 0.15) is 34.6 Å². The molecule has 3 heteroatoms. The Hall–Kier alpha value is -3.46. The average Bonchev–Trinajstić information content (AvgIpc) is 3.24. The van der Waals surface area contributed by atoms with E-state index in [2.05, 4.69) is 77.8 Å². The van der Waals surface area contributed by atoms with Crippen molar-refractivity contribution in [1.82, 2.24) is 9.97 Å². The maximum absolute atomic E-state index is 10.8. The van der Waals surface area contributed by atoms with Gasteiger partial charge in [0.1, 0.15) is 17.5 Å². The van der Waals surface area contributed by atoms with Gasteiger partial charge in [-0.25, -0.2) is 4.98 Å². The van der Waals surface area contributed by atoms with Gasteiger partial charge in [0.05, 0.1) is 5.69 Å². The molecular weight excluding hydrogens is 344 g/mol. The predicted octanol–water partition coefficient (Wildman–Crippen LogP) is 4.92. The van der Waals surface area contributed by atoms with Crippen LogP contribution >= 0.6 is 0 Å². The fraction of sp³-hybridized carbons (Fsp3) is 0.120. The molecule has 138 valence electrons. The van der Waals surface area contributed by atoms with Crippen molar-refractivity contribution in [3.63, 3.8) is 0 Å². The summed E-state index contributed by atoms with van der Waals surface area (Å²) in [5, 5.41) is 0. The van der Waals surface area contributed by atoms with E-state index in [4.69, 9.17) is 4.98 Å². The molecule has 3 aromatic carbocycles. The normalized spacial score (nSPS) is 11.3. The number of benzene rings is 3. The number of aryl methyl sites for hydroxylation is 1. The molecular formula is C25H22N2O. The maximum atomic E-state index is 10.8. The van der Waals surface area contributed by atoms with Crippen molar-refractivity contribution in [3.8, 4) is 0 Å². The molecule has 0 aliphatic heterocycles. The minimum atomic E-state index is -0.566. The Morgan fingerprint density at radius 3 is 1.64 bits per heavy atom. The quantitative estimate of drug-likeness (QED) is 0.373. The fourth-order valence-electron chi connectivity index (χ4n) is 3.86. The van der Waals surface area contributed by atoms with E-state index in [0.29, 0.717) is 12.8 Å². The Labute approximate surface area is 165 Å². The van der Waals surface area contributed by atoms with Crippen LogP contribution in [0.2, 0.25) is 0 Å². The Kier molecular flexibility index (Phi) is 5.16. The number of aromatic amines is 1. The van der Waals surface area contributed by atoms with Gasteiger partial charge in [0.25, 0.3) is 0 Å². The first-order chi connectivity index (χ1) is 13.9. The number of aldehydes is 1. The molecule has 0 saturated carbocycles. The summed E-state index contributed by atoms with van der Waals surface area (Å²) in [6, 6.07) is 31.3. The van der Waals surface area contributed by atoms with Crippen LogP contribution in [-0.4, -0.2) is 16.3 Å². The Morgan fingerprint density at radius 2 is 1.21 bits per heavy atom. The summed E-state index contributed by atoms with van der Waals surface area (Å²) < 4.78 is 0. The van der Waals surface area contributed by atoms with Crippen LogP contribution in [0.4, 0.5) is 0 Å². The molecule has 0 bridgehead atoms. The van der Waals surface area contributed by atoms with Gasteiger partial charge in [-0.2, -0.15) is 0 Å². The van der Waals surface area contributed by atoms with Crippen molar-refractivity contribution in [2.75, 3.05) is 0 Å². The molecule has 0 saturated heterocycles. The number of rotatable bonds is 7. The van der Waals surface area contributed by atoms with Gasteiger partial charge in [-0.1, -0.05) is 91.0 Å². The molecule has 0 aliphatic rings. The highest BCUT2D eigenvalue weighted by Gasteiger charge is 2.40. The number of carbonyl (C=O) groups is 1. The highest BCUT2D eigenvalue weighted by atomic mass is 16.1. The number of aromatic nitrogens is 2. The minimum Gasteiger partial charge on any atom is -0.347 e. The van der Waals surface area contributed by atoms with Gasteiger partial charge in [0.2, 0.25) is 0 Å². The lowest BCUT2D eigenvalue weighted by atomic mass is 9.69. The second-order valence-electron chi connectivity index (χ2n) is 6.79. The van der Waals surface area contributed by atoms with Crippen molar-refractivity contribution < 1.29 is 4.79 Å². The van der Waals surface area contributed by atoms with E-state index in [1.54, 1.807) is 0 Å². The fourth-order valence-corrected chi connectivity index (χ4v) is 3.86. The van der Waals surface area contributed by atoms with Gasteiger partial charge in [0, 0.05) is 12.6 Å². The lowest BCUT2D eigenvalue weighted by molar-refractivity contribution is -0.107. The van der Waals surface area contributed by atoms with Gasteiger partial charge in [-0.3, -0.25) is 0 Å². The van der Waals surface area contributed by atoms with E-state index in [9.17, 15) is 4.79 Å². The third-order valence-electron chi connectivity index (χ3n) is 5.12. The molecule has 0 amide bonds. The number of imidazole rings is 1. The van der Waals surface area contributed by atoms with E-state index in [1.807, 2.05) is 24.4 Å². The van der Waals surface area contributed by atoms with Crippen LogP contribution < -0.4 is 0 Å². The third kappa shape index (κ3) is 3.16. The topological polar surface area (TPSA) is 45.8 Å². The zero-order valence-corrected chi connectivity index (χ0v) is 15.6. The number of hydrogen-bond donors (Lipinski definition) is 1. The van der Waals surface area contributed by atoms with Gasteiger partial charge in [-0.15, -0.1) is 0 Å². The number of H-pyrrole nitrogens is 1. The molecule has 0 fully saturated rings. The lowest BCUT2D eigenvalue weighted by Gasteiger charge is -2.34. The Bertz CT molecular complexity index is 927. The summed E-state index contributed by atoms with van der Waals surface area (Å²) in [6.07, 6.45) is 3.96. The summed E-state index contributed by atoms with van der Waals surface area (Å²) in [5.74, 6) is 0.858. The summed E-state index contributed by atoms with van der Waals surface area (Å²) in [7, 11) is 0. The summed E-state index contributed by atoms with van der Waals surface area (Å²) in [6.45, 7) is 0. The van der Waals surface area contributed by atoms with Gasteiger partial charge < -0.3 is 9.78 Å². The summed E-state index contributed by atoms with van der Waals surface area (Å²) >= 11 is 0. The molecule has 4 rings (SSSR count). The van der Waals surface area contributed by atoms with E-state index < -0.39 is 5.41 Å². The summed E-state index contributed by atoms with van der Waals surface area (Å²) in [4.78, 5) is 19.2. The van der Waals surface area contributed by atoms with Crippen LogP contribution in [0, 0.1) is 0 Å². The Morgan fingerprint density at radius 1 is 0.750 bits per heavy atom. The molecule has 0 atom stereocenters. The van der Waals surface area contributed by atoms with Crippen molar-refractivity contribution in [3.05, 3.63) is 125 Å². The highest BCUT2D eigenvalue weighted by Crippen LogP contribution is 2.43. The molecule has 28 heavy (non-hydrogen) atoms. The second kappa shape index (κ2) is 8.05. The van der Waals surface area contributed by atoms with Crippen molar-refractivity contribution in [2.24, 2.45) is 0 Å². The van der Waals surface area contributed by atoms with Crippen molar-refractivity contribution >= 4 is 6.29 Å². The molecule has 4 aromatic rings. The SMILES string of the molecule is O=CCCc1c[nH]c(C(c2ccccc2)(c2ccccc2)c2ccccc2)n1. The number of nitrogens with zero attached hydrogens (tertiary/aromatic N) is 1. The van der Waals surface area contributed by atoms with E-state index in [0.717, 1.165) is 34.5 Å². The number of carbonyl (C=O) groups excluding carboxylic acids is 1. The number of nitrogens with one attached hydrogen (secondary N) is 1. The largest absolute Gasteiger partial charge is 0.347 e. The molecule has 1 N–H and O–H groups in total. The molecule has 0 spiro atoms. The molecule has 1 heterocycles. The van der Waals surface area contributed by atoms with Gasteiger partial charge in [-0.05, 0) is 23.1 Å². The van der Waals surface area contributed by atoms with Gasteiger partial charge in [0.15, 0.2) is 0 Å². The monoisotopic (exact) mass is 366 g/mol. The first-order valence-electron chi connectivity index (χ1n) is 9.50. The van der Waals surface area contributed by atoms with Crippen LogP contribution in [0.3, 0.4) is 0 Å². The molecule has 0 unspecified atom stereocenters. The molecule has 0 aliphatic carbocycles. The first kappa shape index (κ1) is 17.9.